The maximum absolute atomic E-state index is 13.0. The van der Waals surface area contributed by atoms with Crippen molar-refractivity contribution in [1.29, 1.82) is 0 Å². The first-order chi connectivity index (χ1) is 11.8. The number of aryl methyl sites for hydroxylation is 2. The van der Waals surface area contributed by atoms with Gasteiger partial charge in [0.1, 0.15) is 18.1 Å². The molecule has 2 aromatic rings. The standard InChI is InChI=1S/C15H21N5O4S/c1-11-9-14(18(2)16-11)19-7-4-5-13(15(19)21)20(25(3,22)23)10-12-6-8-24-17-12/h6,8-9,13H,4-5,7,10H2,1-3H3/t13-/m1/s1. The molecule has 0 saturated carbocycles. The van der Waals surface area contributed by atoms with E-state index in [0.717, 1.165) is 11.9 Å². The molecule has 1 aliphatic rings. The van der Waals surface area contributed by atoms with Crippen LogP contribution in [0.5, 0.6) is 0 Å². The van der Waals surface area contributed by atoms with Gasteiger partial charge >= 0.3 is 0 Å². The van der Waals surface area contributed by atoms with Crippen molar-refractivity contribution >= 4 is 21.7 Å². The molecule has 1 aliphatic heterocycles. The van der Waals surface area contributed by atoms with Crippen LogP contribution in [0.3, 0.4) is 0 Å². The monoisotopic (exact) mass is 367 g/mol. The molecule has 0 bridgehead atoms. The minimum Gasteiger partial charge on any atom is -0.364 e. The van der Waals surface area contributed by atoms with Gasteiger partial charge in [-0.25, -0.2) is 8.42 Å². The molecule has 10 heteroatoms. The first kappa shape index (κ1) is 17.6. The number of aromatic nitrogens is 3. The van der Waals surface area contributed by atoms with E-state index in [1.807, 2.05) is 13.0 Å². The van der Waals surface area contributed by atoms with E-state index in [4.69, 9.17) is 4.52 Å². The summed E-state index contributed by atoms with van der Waals surface area (Å²) in [5.41, 5.74) is 1.27. The van der Waals surface area contributed by atoms with Crippen LogP contribution >= 0.6 is 0 Å². The molecular formula is C15H21N5O4S. The highest BCUT2D eigenvalue weighted by molar-refractivity contribution is 7.88. The van der Waals surface area contributed by atoms with Crippen molar-refractivity contribution in [2.24, 2.45) is 7.05 Å². The van der Waals surface area contributed by atoms with E-state index in [0.29, 0.717) is 30.9 Å². The Bertz CT molecular complexity index is 859. The molecule has 2 aromatic heterocycles. The smallest absolute Gasteiger partial charge is 0.246 e. The lowest BCUT2D eigenvalue weighted by Crippen LogP contribution is -2.54. The van der Waals surface area contributed by atoms with Gasteiger partial charge < -0.3 is 4.52 Å². The molecule has 3 rings (SSSR count). The lowest BCUT2D eigenvalue weighted by Gasteiger charge is -2.36. The maximum atomic E-state index is 13.0. The molecule has 136 valence electrons. The van der Waals surface area contributed by atoms with Crippen LogP contribution in [0, 0.1) is 6.92 Å². The topological polar surface area (TPSA) is 102 Å². The largest absolute Gasteiger partial charge is 0.364 e. The number of carbonyl (C=O) groups is 1. The summed E-state index contributed by atoms with van der Waals surface area (Å²) >= 11 is 0. The summed E-state index contributed by atoms with van der Waals surface area (Å²) in [4.78, 5) is 14.6. The summed E-state index contributed by atoms with van der Waals surface area (Å²) in [5, 5.41) is 8.03. The van der Waals surface area contributed by atoms with Crippen molar-refractivity contribution in [2.45, 2.75) is 32.4 Å². The summed E-state index contributed by atoms with van der Waals surface area (Å²) in [7, 11) is -1.84. The van der Waals surface area contributed by atoms with Crippen LogP contribution in [0.1, 0.15) is 24.2 Å². The molecular weight excluding hydrogens is 346 g/mol. The molecule has 25 heavy (non-hydrogen) atoms. The minimum atomic E-state index is -3.60. The van der Waals surface area contributed by atoms with E-state index in [9.17, 15) is 13.2 Å². The Balaban J connectivity index is 1.91. The van der Waals surface area contributed by atoms with E-state index in [1.54, 1.807) is 22.7 Å². The van der Waals surface area contributed by atoms with Crippen molar-refractivity contribution in [1.82, 2.24) is 19.2 Å². The summed E-state index contributed by atoms with van der Waals surface area (Å²) in [5.74, 6) is 0.422. The van der Waals surface area contributed by atoms with Gasteiger partial charge in [-0.3, -0.25) is 14.4 Å². The summed E-state index contributed by atoms with van der Waals surface area (Å²) in [6.07, 6.45) is 3.65. The van der Waals surface area contributed by atoms with E-state index < -0.39 is 16.1 Å². The first-order valence-corrected chi connectivity index (χ1v) is 9.80. The van der Waals surface area contributed by atoms with Crippen LogP contribution in [-0.2, 0) is 28.4 Å². The van der Waals surface area contributed by atoms with Crippen LogP contribution in [0.15, 0.2) is 22.9 Å². The normalized spacial score (nSPS) is 19.0. The third kappa shape index (κ3) is 3.59. The molecule has 0 N–H and O–H groups in total. The predicted octanol–water partition coefficient (Wildman–Crippen LogP) is 0.674. The molecule has 3 heterocycles. The van der Waals surface area contributed by atoms with Crippen LogP contribution in [0.4, 0.5) is 5.82 Å². The van der Waals surface area contributed by atoms with E-state index in [1.165, 1.54) is 10.6 Å². The fourth-order valence-corrected chi connectivity index (χ4v) is 4.16. The molecule has 1 atom stereocenters. The van der Waals surface area contributed by atoms with E-state index in [-0.39, 0.29) is 12.5 Å². The highest BCUT2D eigenvalue weighted by Gasteiger charge is 2.39. The molecule has 0 unspecified atom stereocenters. The van der Waals surface area contributed by atoms with E-state index in [2.05, 4.69) is 10.3 Å². The van der Waals surface area contributed by atoms with Crippen LogP contribution < -0.4 is 4.90 Å². The lowest BCUT2D eigenvalue weighted by molar-refractivity contribution is -0.123. The number of hydrogen-bond acceptors (Lipinski definition) is 6. The quantitative estimate of drug-likeness (QED) is 0.770. The number of amides is 1. The fraction of sp³-hybridized carbons (Fsp3) is 0.533. The summed E-state index contributed by atoms with van der Waals surface area (Å²) < 4.78 is 32.2. The number of hydrogen-bond donors (Lipinski definition) is 0. The number of nitrogens with zero attached hydrogens (tertiary/aromatic N) is 5. The second-order valence-corrected chi connectivity index (χ2v) is 8.15. The maximum Gasteiger partial charge on any atom is 0.246 e. The zero-order valence-electron chi connectivity index (χ0n) is 14.4. The van der Waals surface area contributed by atoms with E-state index >= 15 is 0 Å². The first-order valence-electron chi connectivity index (χ1n) is 7.95. The van der Waals surface area contributed by atoms with Crippen molar-refractivity contribution in [2.75, 3.05) is 17.7 Å². The number of sulfonamides is 1. The third-order valence-electron chi connectivity index (χ3n) is 4.25. The van der Waals surface area contributed by atoms with Crippen molar-refractivity contribution in [3.8, 4) is 0 Å². The van der Waals surface area contributed by atoms with Gasteiger partial charge in [0.25, 0.3) is 0 Å². The molecule has 0 radical (unpaired) electrons. The van der Waals surface area contributed by atoms with Gasteiger partial charge in [-0.1, -0.05) is 5.16 Å². The zero-order chi connectivity index (χ0) is 18.2. The average molecular weight is 367 g/mol. The van der Waals surface area contributed by atoms with Crippen molar-refractivity contribution in [3.05, 3.63) is 29.8 Å². The SMILES string of the molecule is Cc1cc(N2CCC[C@@H](N(Cc3ccon3)S(C)(=O)=O)C2=O)n(C)n1. The van der Waals surface area contributed by atoms with Gasteiger partial charge in [0.05, 0.1) is 24.2 Å². The van der Waals surface area contributed by atoms with Gasteiger partial charge in [0.15, 0.2) is 0 Å². The highest BCUT2D eigenvalue weighted by Crippen LogP contribution is 2.26. The average Bonchev–Trinajstić information content (AvgIpc) is 3.14. The Morgan fingerprint density at radius 3 is 2.76 bits per heavy atom. The summed E-state index contributed by atoms with van der Waals surface area (Å²) in [6, 6.07) is 2.65. The summed E-state index contributed by atoms with van der Waals surface area (Å²) in [6.45, 7) is 2.39. The fourth-order valence-electron chi connectivity index (χ4n) is 3.14. The van der Waals surface area contributed by atoms with Gasteiger partial charge in [-0.15, -0.1) is 0 Å². The number of piperidine rings is 1. The Morgan fingerprint density at radius 2 is 2.20 bits per heavy atom. The molecule has 1 amide bonds. The second-order valence-electron chi connectivity index (χ2n) is 6.21. The Hall–Kier alpha value is -2.20. The molecule has 9 nitrogen and oxygen atoms in total. The van der Waals surface area contributed by atoms with Crippen LogP contribution in [0.25, 0.3) is 0 Å². The Labute approximate surface area is 146 Å². The molecule has 0 spiro atoms. The van der Waals surface area contributed by atoms with Gasteiger partial charge in [-0.05, 0) is 19.8 Å². The highest BCUT2D eigenvalue weighted by atomic mass is 32.2. The number of carbonyl (C=O) groups excluding carboxylic acids is 1. The van der Waals surface area contributed by atoms with Crippen molar-refractivity contribution in [3.63, 3.8) is 0 Å². The molecule has 0 aliphatic carbocycles. The third-order valence-corrected chi connectivity index (χ3v) is 5.48. The van der Waals surface area contributed by atoms with Crippen LogP contribution in [0.2, 0.25) is 0 Å². The Morgan fingerprint density at radius 1 is 1.44 bits per heavy atom. The number of anilines is 1. The van der Waals surface area contributed by atoms with Gasteiger partial charge in [-0.2, -0.15) is 9.40 Å². The molecule has 0 aromatic carbocycles. The molecule has 1 saturated heterocycles. The minimum absolute atomic E-state index is 0.00396. The van der Waals surface area contributed by atoms with Crippen LogP contribution in [-0.4, -0.2) is 52.4 Å². The molecule has 1 fully saturated rings. The predicted molar refractivity (Wildman–Crippen MR) is 90.2 cm³/mol. The second kappa shape index (κ2) is 6.60. The zero-order valence-corrected chi connectivity index (χ0v) is 15.2. The van der Waals surface area contributed by atoms with Gasteiger partial charge in [0.2, 0.25) is 15.9 Å². The number of rotatable bonds is 5. The van der Waals surface area contributed by atoms with Gasteiger partial charge in [0, 0.05) is 25.7 Å². The lowest BCUT2D eigenvalue weighted by atomic mass is 10.0. The Kier molecular flexibility index (Phi) is 4.65. The van der Waals surface area contributed by atoms with Crippen molar-refractivity contribution < 1.29 is 17.7 Å².